The molecule has 0 aliphatic heterocycles. The lowest BCUT2D eigenvalue weighted by molar-refractivity contribution is 0.931. The molecule has 0 saturated carbocycles. The predicted octanol–water partition coefficient (Wildman–Crippen LogP) is 4.51. The maximum Gasteiger partial charge on any atom is 0.135 e. The minimum absolute atomic E-state index is 0.733. The molecule has 0 spiro atoms. The van der Waals surface area contributed by atoms with Crippen LogP contribution in [0.4, 0.5) is 11.5 Å². The van der Waals surface area contributed by atoms with Gasteiger partial charge in [-0.15, -0.1) is 0 Å². The van der Waals surface area contributed by atoms with Crippen LogP contribution in [-0.2, 0) is 6.42 Å². The van der Waals surface area contributed by atoms with E-state index in [-0.39, 0.29) is 0 Å². The number of aromatic nitrogens is 2. The van der Waals surface area contributed by atoms with Gasteiger partial charge in [0, 0.05) is 23.2 Å². The van der Waals surface area contributed by atoms with Crippen molar-refractivity contribution in [3.05, 3.63) is 45.3 Å². The summed E-state index contributed by atoms with van der Waals surface area (Å²) < 4.78 is 0.781. The van der Waals surface area contributed by atoms with Gasteiger partial charge in [-0.1, -0.05) is 18.5 Å². The number of anilines is 2. The summed E-state index contributed by atoms with van der Waals surface area (Å²) >= 11 is 9.32. The maximum atomic E-state index is 5.93. The summed E-state index contributed by atoms with van der Waals surface area (Å²) in [4.78, 5) is 8.70. The molecule has 2 aromatic rings. The molecule has 1 aromatic heterocycles. The summed E-state index contributed by atoms with van der Waals surface area (Å²) in [6, 6.07) is 7.57. The molecule has 18 heavy (non-hydrogen) atoms. The van der Waals surface area contributed by atoms with E-state index in [1.54, 1.807) is 0 Å². The van der Waals surface area contributed by atoms with E-state index in [1.165, 1.54) is 0 Å². The largest absolute Gasteiger partial charge is 0.340 e. The van der Waals surface area contributed by atoms with Crippen molar-refractivity contribution in [2.45, 2.75) is 20.3 Å². The van der Waals surface area contributed by atoms with Gasteiger partial charge in [0.1, 0.15) is 16.2 Å². The molecule has 0 unspecified atom stereocenters. The van der Waals surface area contributed by atoms with E-state index in [1.807, 2.05) is 38.1 Å². The van der Waals surface area contributed by atoms with Gasteiger partial charge in [-0.2, -0.15) is 0 Å². The van der Waals surface area contributed by atoms with Crippen LogP contribution < -0.4 is 5.32 Å². The molecule has 3 nitrogen and oxygen atoms in total. The van der Waals surface area contributed by atoms with Gasteiger partial charge < -0.3 is 5.32 Å². The van der Waals surface area contributed by atoms with Crippen LogP contribution in [0.25, 0.3) is 0 Å². The minimum Gasteiger partial charge on any atom is -0.340 e. The lowest BCUT2D eigenvalue weighted by Crippen LogP contribution is -2.00. The van der Waals surface area contributed by atoms with E-state index in [4.69, 9.17) is 11.6 Å². The molecule has 1 N–H and O–H groups in total. The van der Waals surface area contributed by atoms with Crippen LogP contribution in [0.5, 0.6) is 0 Å². The summed E-state index contributed by atoms with van der Waals surface area (Å²) in [5, 5.41) is 4.01. The highest BCUT2D eigenvalue weighted by atomic mass is 79.9. The highest BCUT2D eigenvalue weighted by Gasteiger charge is 2.04. The van der Waals surface area contributed by atoms with E-state index in [0.717, 1.165) is 38.9 Å². The second kappa shape index (κ2) is 5.67. The molecule has 0 bridgehead atoms. The molecule has 0 aliphatic carbocycles. The second-order valence-electron chi connectivity index (χ2n) is 3.93. The van der Waals surface area contributed by atoms with Gasteiger partial charge in [-0.05, 0) is 46.6 Å². The number of halogens is 2. The van der Waals surface area contributed by atoms with E-state index >= 15 is 0 Å². The monoisotopic (exact) mass is 325 g/mol. The first-order valence-electron chi connectivity index (χ1n) is 5.65. The second-order valence-corrected chi connectivity index (χ2v) is 5.18. The van der Waals surface area contributed by atoms with Crippen LogP contribution in [0.3, 0.4) is 0 Å². The summed E-state index contributed by atoms with van der Waals surface area (Å²) in [7, 11) is 0. The van der Waals surface area contributed by atoms with E-state index < -0.39 is 0 Å². The first-order valence-corrected chi connectivity index (χ1v) is 6.82. The van der Waals surface area contributed by atoms with Gasteiger partial charge in [-0.3, -0.25) is 0 Å². The summed E-state index contributed by atoms with van der Waals surface area (Å²) in [5.74, 6) is 1.58. The molecule has 0 fully saturated rings. The molecule has 5 heteroatoms. The Morgan fingerprint density at radius 2 is 2.06 bits per heavy atom. The van der Waals surface area contributed by atoms with Crippen molar-refractivity contribution in [1.82, 2.24) is 9.97 Å². The van der Waals surface area contributed by atoms with Crippen molar-refractivity contribution >= 4 is 39.0 Å². The van der Waals surface area contributed by atoms with Gasteiger partial charge in [0.25, 0.3) is 0 Å². The zero-order valence-corrected chi connectivity index (χ0v) is 12.5. The Bertz CT molecular complexity index is 572. The zero-order valence-electron chi connectivity index (χ0n) is 10.2. The molecule has 1 aromatic carbocycles. The average molecular weight is 327 g/mol. The van der Waals surface area contributed by atoms with Crippen molar-refractivity contribution < 1.29 is 0 Å². The molecule has 0 atom stereocenters. The lowest BCUT2D eigenvalue weighted by atomic mass is 10.2. The summed E-state index contributed by atoms with van der Waals surface area (Å²) in [6.45, 7) is 4.03. The van der Waals surface area contributed by atoms with Crippen molar-refractivity contribution in [1.29, 1.82) is 0 Å². The van der Waals surface area contributed by atoms with Gasteiger partial charge in [-0.25, -0.2) is 9.97 Å². The van der Waals surface area contributed by atoms with Crippen LogP contribution >= 0.6 is 27.5 Å². The molecule has 0 saturated heterocycles. The molecule has 0 amide bonds. The van der Waals surface area contributed by atoms with Crippen LogP contribution in [0.15, 0.2) is 28.9 Å². The predicted molar refractivity (Wildman–Crippen MR) is 78.6 cm³/mol. The first-order chi connectivity index (χ1) is 8.58. The number of nitrogens with zero attached hydrogens (tertiary/aromatic N) is 2. The third-order valence-electron chi connectivity index (χ3n) is 2.51. The fourth-order valence-electron chi connectivity index (χ4n) is 1.59. The molecule has 1 heterocycles. The number of rotatable bonds is 3. The number of hydrogen-bond donors (Lipinski definition) is 1. The molecular formula is C13H13BrClN3. The third kappa shape index (κ3) is 3.21. The third-order valence-corrected chi connectivity index (χ3v) is 3.15. The molecule has 2 rings (SSSR count). The van der Waals surface area contributed by atoms with Crippen LogP contribution in [-0.4, -0.2) is 9.97 Å². The smallest absolute Gasteiger partial charge is 0.135 e. The van der Waals surface area contributed by atoms with Crippen LogP contribution in [0.2, 0.25) is 5.02 Å². The Morgan fingerprint density at radius 1 is 1.28 bits per heavy atom. The summed E-state index contributed by atoms with van der Waals surface area (Å²) in [5.41, 5.74) is 2.07. The van der Waals surface area contributed by atoms with Crippen LogP contribution in [0.1, 0.15) is 18.3 Å². The van der Waals surface area contributed by atoms with E-state index in [0.29, 0.717) is 0 Å². The van der Waals surface area contributed by atoms with Gasteiger partial charge >= 0.3 is 0 Å². The van der Waals surface area contributed by atoms with Crippen molar-refractivity contribution in [3.8, 4) is 0 Å². The van der Waals surface area contributed by atoms with Crippen molar-refractivity contribution in [2.75, 3.05) is 5.32 Å². The Kier molecular flexibility index (Phi) is 4.19. The van der Waals surface area contributed by atoms with Crippen molar-refractivity contribution in [2.24, 2.45) is 0 Å². The SMILES string of the molecule is CCc1nc(Br)cc(Nc2ccc(Cl)cc2C)n1. The minimum atomic E-state index is 0.733. The lowest BCUT2D eigenvalue weighted by Gasteiger charge is -2.10. The number of hydrogen-bond acceptors (Lipinski definition) is 3. The number of benzene rings is 1. The van der Waals surface area contributed by atoms with E-state index in [2.05, 4.69) is 31.2 Å². The molecule has 94 valence electrons. The average Bonchev–Trinajstić information content (AvgIpc) is 2.32. The van der Waals surface area contributed by atoms with E-state index in [9.17, 15) is 0 Å². The normalized spacial score (nSPS) is 10.4. The Morgan fingerprint density at radius 3 is 2.72 bits per heavy atom. The molecular weight excluding hydrogens is 314 g/mol. The molecule has 0 radical (unpaired) electrons. The first kappa shape index (κ1) is 13.3. The number of nitrogens with one attached hydrogen (secondary N) is 1. The van der Waals surface area contributed by atoms with Gasteiger partial charge in [0.2, 0.25) is 0 Å². The van der Waals surface area contributed by atoms with Crippen LogP contribution in [0, 0.1) is 6.92 Å². The Labute approximate surface area is 120 Å². The Hall–Kier alpha value is -1.13. The fourth-order valence-corrected chi connectivity index (χ4v) is 2.24. The molecule has 0 aliphatic rings. The maximum absolute atomic E-state index is 5.93. The highest BCUT2D eigenvalue weighted by molar-refractivity contribution is 9.10. The topological polar surface area (TPSA) is 37.8 Å². The zero-order chi connectivity index (χ0) is 13.1. The number of aryl methyl sites for hydroxylation is 2. The highest BCUT2D eigenvalue weighted by Crippen LogP contribution is 2.23. The van der Waals surface area contributed by atoms with Crippen molar-refractivity contribution in [3.63, 3.8) is 0 Å². The fraction of sp³-hybridized carbons (Fsp3) is 0.231. The van der Waals surface area contributed by atoms with Gasteiger partial charge in [0.15, 0.2) is 0 Å². The van der Waals surface area contributed by atoms with Gasteiger partial charge in [0.05, 0.1) is 0 Å². The standard InChI is InChI=1S/C13H13BrClN3/c1-3-12-17-11(14)7-13(18-12)16-10-5-4-9(15)6-8(10)2/h4-7H,3H2,1-2H3,(H,16,17,18). The quantitative estimate of drug-likeness (QED) is 0.843. The Balaban J connectivity index is 2.30. The summed E-state index contributed by atoms with van der Waals surface area (Å²) in [6.07, 6.45) is 0.799.